The Balaban J connectivity index is 0.00000300. The fraction of sp³-hybridized carbons (Fsp3) is 0.545. The van der Waals surface area contributed by atoms with E-state index in [2.05, 4.69) is 62.1 Å². The molecular weight excluding hydrogens is 493 g/mol. The molecule has 0 radical (unpaired) electrons. The van der Waals surface area contributed by atoms with Crippen LogP contribution in [0, 0.1) is 6.92 Å². The van der Waals surface area contributed by atoms with E-state index >= 15 is 0 Å². The summed E-state index contributed by atoms with van der Waals surface area (Å²) >= 11 is 1.70. The summed E-state index contributed by atoms with van der Waals surface area (Å²) in [6, 6.07) is 9.68. The first kappa shape index (κ1) is 24.1. The van der Waals surface area contributed by atoms with Crippen LogP contribution in [-0.2, 0) is 19.5 Å². The minimum Gasteiger partial charge on any atom is -0.356 e. The molecule has 0 aliphatic carbocycles. The van der Waals surface area contributed by atoms with Gasteiger partial charge in [0.1, 0.15) is 0 Å². The lowest BCUT2D eigenvalue weighted by Gasteiger charge is -2.33. The van der Waals surface area contributed by atoms with E-state index in [4.69, 9.17) is 0 Å². The van der Waals surface area contributed by atoms with Crippen LogP contribution in [0.2, 0.25) is 0 Å². The van der Waals surface area contributed by atoms with Crippen molar-refractivity contribution in [2.45, 2.75) is 58.7 Å². The Hall–Kier alpha value is -1.19. The van der Waals surface area contributed by atoms with Crippen LogP contribution in [0.5, 0.6) is 0 Å². The van der Waals surface area contributed by atoms with Gasteiger partial charge in [0.15, 0.2) is 5.96 Å². The van der Waals surface area contributed by atoms with E-state index in [0.29, 0.717) is 6.04 Å². The van der Waals surface area contributed by atoms with E-state index in [1.807, 2.05) is 14.0 Å². The number of likely N-dealkylation sites (tertiary alicyclic amines) is 1. The fourth-order valence-corrected chi connectivity index (χ4v) is 4.28. The highest BCUT2D eigenvalue weighted by Gasteiger charge is 2.17. The van der Waals surface area contributed by atoms with Gasteiger partial charge < -0.3 is 10.6 Å². The molecule has 1 saturated heterocycles. The van der Waals surface area contributed by atoms with Gasteiger partial charge in [0, 0.05) is 44.5 Å². The summed E-state index contributed by atoms with van der Waals surface area (Å²) in [5, 5.41) is 10.0. The molecule has 2 heterocycles. The fourth-order valence-electron chi connectivity index (χ4n) is 3.63. The number of benzene rings is 1. The van der Waals surface area contributed by atoms with E-state index in [9.17, 15) is 0 Å². The Morgan fingerprint density at radius 2 is 1.97 bits per heavy atom. The van der Waals surface area contributed by atoms with Gasteiger partial charge in [-0.1, -0.05) is 30.7 Å². The predicted molar refractivity (Wildman–Crippen MR) is 134 cm³/mol. The number of hydrogen-bond acceptors (Lipinski definition) is 4. The van der Waals surface area contributed by atoms with Gasteiger partial charge in [0.05, 0.1) is 10.7 Å². The van der Waals surface area contributed by atoms with E-state index in [1.54, 1.807) is 11.3 Å². The standard InChI is InChI=1S/C22H33N5S.HI/c1-17-6-4-5-13-27(17)15-20-9-7-19(8-10-20)14-25-22(23-3)24-12-11-21-16-28-18(2)26-21;/h7-10,16-17H,4-6,11-15H2,1-3H3,(H2,23,24,25);1H. The predicted octanol–water partition coefficient (Wildman–Crippen LogP) is 4.35. The molecule has 1 unspecified atom stereocenters. The maximum atomic E-state index is 4.50. The van der Waals surface area contributed by atoms with Crippen molar-refractivity contribution < 1.29 is 0 Å². The number of rotatable bonds is 7. The monoisotopic (exact) mass is 527 g/mol. The molecule has 1 aromatic carbocycles. The van der Waals surface area contributed by atoms with Gasteiger partial charge >= 0.3 is 0 Å². The molecule has 160 valence electrons. The zero-order valence-electron chi connectivity index (χ0n) is 17.8. The lowest BCUT2D eigenvalue weighted by atomic mass is 10.0. The second kappa shape index (κ2) is 12.5. The third-order valence-electron chi connectivity index (χ3n) is 5.37. The summed E-state index contributed by atoms with van der Waals surface area (Å²) in [5.41, 5.74) is 3.82. The van der Waals surface area contributed by atoms with Gasteiger partial charge in [-0.25, -0.2) is 4.98 Å². The number of nitrogens with zero attached hydrogens (tertiary/aromatic N) is 3. The normalized spacial score (nSPS) is 17.6. The molecule has 1 fully saturated rings. The van der Waals surface area contributed by atoms with E-state index in [-0.39, 0.29) is 24.0 Å². The van der Waals surface area contributed by atoms with Gasteiger partial charge in [-0.05, 0) is 44.4 Å². The Morgan fingerprint density at radius 3 is 2.62 bits per heavy atom. The summed E-state index contributed by atoms with van der Waals surface area (Å²) in [7, 11) is 1.81. The molecule has 2 aromatic rings. The molecule has 0 bridgehead atoms. The molecule has 3 rings (SSSR count). The molecule has 1 atom stereocenters. The maximum Gasteiger partial charge on any atom is 0.191 e. The van der Waals surface area contributed by atoms with E-state index < -0.39 is 0 Å². The third-order valence-corrected chi connectivity index (χ3v) is 6.20. The molecule has 1 aliphatic heterocycles. The summed E-state index contributed by atoms with van der Waals surface area (Å²) in [5.74, 6) is 0.832. The highest BCUT2D eigenvalue weighted by molar-refractivity contribution is 14.0. The summed E-state index contributed by atoms with van der Waals surface area (Å²) < 4.78 is 0. The van der Waals surface area contributed by atoms with E-state index in [1.165, 1.54) is 36.9 Å². The number of guanidine groups is 1. The van der Waals surface area contributed by atoms with Crippen molar-refractivity contribution in [1.29, 1.82) is 0 Å². The molecule has 0 saturated carbocycles. The number of thiazole rings is 1. The first-order valence-corrected chi connectivity index (χ1v) is 11.2. The highest BCUT2D eigenvalue weighted by atomic mass is 127. The number of aryl methyl sites for hydroxylation is 1. The topological polar surface area (TPSA) is 52.6 Å². The highest BCUT2D eigenvalue weighted by Crippen LogP contribution is 2.19. The second-order valence-corrected chi connectivity index (χ2v) is 8.65. The van der Waals surface area contributed by atoms with Crippen LogP contribution in [0.15, 0.2) is 34.6 Å². The van der Waals surface area contributed by atoms with Crippen LogP contribution in [0.3, 0.4) is 0 Å². The quantitative estimate of drug-likeness (QED) is 0.320. The van der Waals surface area contributed by atoms with Crippen molar-refractivity contribution in [3.05, 3.63) is 51.5 Å². The number of aromatic nitrogens is 1. The largest absolute Gasteiger partial charge is 0.356 e. The van der Waals surface area contributed by atoms with Crippen molar-refractivity contribution in [2.24, 2.45) is 4.99 Å². The van der Waals surface area contributed by atoms with Crippen LogP contribution in [0.4, 0.5) is 0 Å². The van der Waals surface area contributed by atoms with Crippen LogP contribution in [0.25, 0.3) is 0 Å². The number of piperidine rings is 1. The second-order valence-electron chi connectivity index (χ2n) is 7.59. The Bertz CT molecular complexity index is 759. The first-order valence-electron chi connectivity index (χ1n) is 10.3. The SMILES string of the molecule is CN=C(NCCc1csc(C)n1)NCc1ccc(CN2CCCCC2C)cc1.I. The average molecular weight is 528 g/mol. The van der Waals surface area contributed by atoms with Gasteiger partial charge in [-0.2, -0.15) is 0 Å². The first-order chi connectivity index (χ1) is 13.6. The molecule has 1 aromatic heterocycles. The van der Waals surface area contributed by atoms with E-state index in [0.717, 1.165) is 42.7 Å². The van der Waals surface area contributed by atoms with Crippen molar-refractivity contribution in [1.82, 2.24) is 20.5 Å². The Kier molecular flexibility index (Phi) is 10.4. The van der Waals surface area contributed by atoms with Gasteiger partial charge in [0.2, 0.25) is 0 Å². The number of hydrogen-bond donors (Lipinski definition) is 2. The van der Waals surface area contributed by atoms with Crippen molar-refractivity contribution in [2.75, 3.05) is 20.1 Å². The van der Waals surface area contributed by atoms with Gasteiger partial charge in [0.25, 0.3) is 0 Å². The minimum atomic E-state index is 0. The number of halogens is 1. The summed E-state index contributed by atoms with van der Waals surface area (Å²) in [4.78, 5) is 11.4. The summed E-state index contributed by atoms with van der Waals surface area (Å²) in [6.07, 6.45) is 4.95. The van der Waals surface area contributed by atoms with Crippen molar-refractivity contribution in [3.8, 4) is 0 Å². The van der Waals surface area contributed by atoms with Crippen LogP contribution < -0.4 is 10.6 Å². The molecule has 7 heteroatoms. The smallest absolute Gasteiger partial charge is 0.191 e. The Morgan fingerprint density at radius 1 is 1.21 bits per heavy atom. The molecular formula is C22H34IN5S. The zero-order chi connectivity index (χ0) is 19.8. The minimum absolute atomic E-state index is 0. The van der Waals surface area contributed by atoms with Crippen LogP contribution in [-0.4, -0.2) is 42.0 Å². The lowest BCUT2D eigenvalue weighted by molar-refractivity contribution is 0.152. The number of aliphatic imine (C=N–C) groups is 1. The molecule has 0 amide bonds. The molecule has 0 spiro atoms. The average Bonchev–Trinajstić information content (AvgIpc) is 3.12. The lowest BCUT2D eigenvalue weighted by Crippen LogP contribution is -2.38. The summed E-state index contributed by atoms with van der Waals surface area (Å²) in [6.45, 7) is 8.29. The number of nitrogens with one attached hydrogen (secondary N) is 2. The van der Waals surface area contributed by atoms with Crippen molar-refractivity contribution in [3.63, 3.8) is 0 Å². The molecule has 29 heavy (non-hydrogen) atoms. The van der Waals surface area contributed by atoms with Crippen LogP contribution in [0.1, 0.15) is 48.0 Å². The molecule has 1 aliphatic rings. The molecule has 5 nitrogen and oxygen atoms in total. The maximum absolute atomic E-state index is 4.50. The third kappa shape index (κ3) is 7.86. The molecule has 2 N–H and O–H groups in total. The Labute approximate surface area is 196 Å². The van der Waals surface area contributed by atoms with Gasteiger partial charge in [-0.3, -0.25) is 9.89 Å². The zero-order valence-corrected chi connectivity index (χ0v) is 20.9. The van der Waals surface area contributed by atoms with Crippen LogP contribution >= 0.6 is 35.3 Å². The van der Waals surface area contributed by atoms with Gasteiger partial charge in [-0.15, -0.1) is 35.3 Å². The van der Waals surface area contributed by atoms with Crippen molar-refractivity contribution >= 4 is 41.3 Å².